The summed E-state index contributed by atoms with van der Waals surface area (Å²) in [6.07, 6.45) is 3.28. The molecule has 0 unspecified atom stereocenters. The number of hydrogen-bond acceptors (Lipinski definition) is 2. The molecule has 21 heavy (non-hydrogen) atoms. The van der Waals surface area contributed by atoms with Crippen molar-refractivity contribution in [1.82, 2.24) is 0 Å². The Morgan fingerprint density at radius 3 is 2.71 bits per heavy atom. The molecule has 1 aliphatic heterocycles. The summed E-state index contributed by atoms with van der Waals surface area (Å²) in [4.78, 5) is 13.7. The Morgan fingerprint density at radius 1 is 1.48 bits per heavy atom. The first-order valence-electron chi connectivity index (χ1n) is 7.62. The van der Waals surface area contributed by atoms with Gasteiger partial charge in [0.05, 0.1) is 10.6 Å². The van der Waals surface area contributed by atoms with E-state index >= 15 is 0 Å². The molecule has 3 nitrogen and oxygen atoms in total. The minimum atomic E-state index is -0.958. The largest absolute Gasteiger partial charge is 0.478 e. The number of rotatable bonds is 4. The number of anilines is 1. The van der Waals surface area contributed by atoms with E-state index in [4.69, 9.17) is 11.6 Å². The number of hydrogen-bond donors (Lipinski definition) is 1. The molecule has 2 rings (SSSR count). The molecule has 1 heterocycles. The molecule has 116 valence electrons. The predicted octanol–water partition coefficient (Wildman–Crippen LogP) is 4.93. The van der Waals surface area contributed by atoms with Crippen molar-refractivity contribution in [3.8, 4) is 0 Å². The average molecular weight is 310 g/mol. The van der Waals surface area contributed by atoms with E-state index in [1.807, 2.05) is 6.07 Å². The summed E-state index contributed by atoms with van der Waals surface area (Å²) in [6, 6.07) is 3.60. The predicted molar refractivity (Wildman–Crippen MR) is 87.8 cm³/mol. The van der Waals surface area contributed by atoms with Crippen molar-refractivity contribution in [2.45, 2.75) is 58.4 Å². The maximum absolute atomic E-state index is 11.3. The summed E-state index contributed by atoms with van der Waals surface area (Å²) in [5, 5.41) is 9.59. The number of unbranched alkanes of at least 4 members (excludes halogenated alkanes) is 1. The molecular formula is C17H24ClNO2. The zero-order valence-corrected chi connectivity index (χ0v) is 14.0. The van der Waals surface area contributed by atoms with Crippen LogP contribution in [0.5, 0.6) is 0 Å². The highest BCUT2D eigenvalue weighted by molar-refractivity contribution is 6.33. The zero-order chi connectivity index (χ0) is 15.8. The molecule has 0 saturated heterocycles. The van der Waals surface area contributed by atoms with Gasteiger partial charge in [0.1, 0.15) is 0 Å². The maximum atomic E-state index is 11.3. The normalized spacial score (nSPS) is 20.2. The van der Waals surface area contributed by atoms with Crippen LogP contribution in [0.4, 0.5) is 5.69 Å². The van der Waals surface area contributed by atoms with Crippen LogP contribution in [0.15, 0.2) is 12.1 Å². The first-order chi connectivity index (χ1) is 9.77. The summed E-state index contributed by atoms with van der Waals surface area (Å²) in [6.45, 7) is 9.83. The second-order valence-electron chi connectivity index (χ2n) is 6.62. The lowest BCUT2D eigenvalue weighted by atomic mass is 9.79. The molecule has 1 N–H and O–H groups in total. The fourth-order valence-electron chi connectivity index (χ4n) is 3.41. The molecule has 0 spiro atoms. The van der Waals surface area contributed by atoms with E-state index in [1.165, 1.54) is 0 Å². The molecule has 0 bridgehead atoms. The van der Waals surface area contributed by atoms with Gasteiger partial charge >= 0.3 is 5.97 Å². The number of carboxylic acid groups (broad SMARTS) is 1. The van der Waals surface area contributed by atoms with E-state index in [9.17, 15) is 9.90 Å². The summed E-state index contributed by atoms with van der Waals surface area (Å²) >= 11 is 6.19. The molecule has 0 radical (unpaired) electrons. The number of carbonyl (C=O) groups is 1. The van der Waals surface area contributed by atoms with Crippen molar-refractivity contribution in [3.63, 3.8) is 0 Å². The Morgan fingerprint density at radius 2 is 2.14 bits per heavy atom. The smallest absolute Gasteiger partial charge is 0.337 e. The van der Waals surface area contributed by atoms with Crippen LogP contribution < -0.4 is 4.90 Å². The minimum Gasteiger partial charge on any atom is -0.478 e. The summed E-state index contributed by atoms with van der Waals surface area (Å²) in [5.74, 6) is -0.622. The van der Waals surface area contributed by atoms with Crippen molar-refractivity contribution in [2.75, 3.05) is 11.4 Å². The molecule has 4 heteroatoms. The molecule has 0 fully saturated rings. The molecule has 1 atom stereocenters. The molecule has 1 aromatic rings. The molecule has 0 aromatic heterocycles. The molecule has 0 amide bonds. The van der Waals surface area contributed by atoms with Crippen LogP contribution in [0.25, 0.3) is 0 Å². The van der Waals surface area contributed by atoms with Crippen molar-refractivity contribution >= 4 is 23.3 Å². The number of aromatic carboxylic acids is 1. The van der Waals surface area contributed by atoms with Gasteiger partial charge in [-0.3, -0.25) is 0 Å². The Balaban J connectivity index is 2.54. The van der Waals surface area contributed by atoms with E-state index in [2.05, 4.69) is 32.6 Å². The number of nitrogens with zero attached hydrogens (tertiary/aromatic N) is 1. The number of halogens is 1. The molecule has 1 aliphatic rings. The average Bonchev–Trinajstić information content (AvgIpc) is 2.36. The standard InChI is InChI=1S/C17H24ClNO2/c1-5-6-7-19-15-9-14(18)13(16(20)21)8-12(15)11(2)10-17(19,3)4/h8-9,11H,5-7,10H2,1-4H3,(H,20,21)/t11-/m1/s1. The lowest BCUT2D eigenvalue weighted by molar-refractivity contribution is 0.0697. The summed E-state index contributed by atoms with van der Waals surface area (Å²) in [5.41, 5.74) is 2.47. The second kappa shape index (κ2) is 5.88. The van der Waals surface area contributed by atoms with Crippen molar-refractivity contribution in [2.24, 2.45) is 0 Å². The van der Waals surface area contributed by atoms with Gasteiger partial charge in [-0.15, -0.1) is 0 Å². The van der Waals surface area contributed by atoms with Crippen LogP contribution in [0.2, 0.25) is 5.02 Å². The number of benzene rings is 1. The molecule has 0 aliphatic carbocycles. The van der Waals surface area contributed by atoms with Crippen LogP contribution in [-0.4, -0.2) is 23.2 Å². The van der Waals surface area contributed by atoms with Crippen molar-refractivity contribution in [3.05, 3.63) is 28.3 Å². The fourth-order valence-corrected chi connectivity index (χ4v) is 3.65. The first kappa shape index (κ1) is 16.2. The third-order valence-electron chi connectivity index (χ3n) is 4.44. The first-order valence-corrected chi connectivity index (χ1v) is 8.00. The van der Waals surface area contributed by atoms with Gasteiger partial charge in [-0.2, -0.15) is 0 Å². The Labute approximate surface area is 131 Å². The van der Waals surface area contributed by atoms with Gasteiger partial charge in [-0.1, -0.05) is 31.9 Å². The van der Waals surface area contributed by atoms with Crippen LogP contribution in [0, 0.1) is 0 Å². The van der Waals surface area contributed by atoms with Gasteiger partial charge in [0.2, 0.25) is 0 Å². The molecule has 1 aromatic carbocycles. The molecule has 0 saturated carbocycles. The van der Waals surface area contributed by atoms with E-state index in [0.717, 1.165) is 37.1 Å². The fraction of sp³-hybridized carbons (Fsp3) is 0.588. The summed E-state index contributed by atoms with van der Waals surface area (Å²) in [7, 11) is 0. The van der Waals surface area contributed by atoms with E-state index in [-0.39, 0.29) is 11.1 Å². The topological polar surface area (TPSA) is 40.5 Å². The maximum Gasteiger partial charge on any atom is 0.337 e. The van der Waals surface area contributed by atoms with Crippen LogP contribution in [0.1, 0.15) is 68.8 Å². The van der Waals surface area contributed by atoms with Crippen LogP contribution >= 0.6 is 11.6 Å². The van der Waals surface area contributed by atoms with Gasteiger partial charge < -0.3 is 10.0 Å². The minimum absolute atomic E-state index is 0.0651. The van der Waals surface area contributed by atoms with Gasteiger partial charge in [0.15, 0.2) is 0 Å². The lowest BCUT2D eigenvalue weighted by Gasteiger charge is -2.48. The van der Waals surface area contributed by atoms with E-state index in [0.29, 0.717) is 10.9 Å². The monoisotopic (exact) mass is 309 g/mol. The Kier molecular flexibility index (Phi) is 4.52. The highest BCUT2D eigenvalue weighted by Gasteiger charge is 2.36. The van der Waals surface area contributed by atoms with Crippen molar-refractivity contribution < 1.29 is 9.90 Å². The Bertz CT molecular complexity index is 554. The van der Waals surface area contributed by atoms with E-state index in [1.54, 1.807) is 6.07 Å². The van der Waals surface area contributed by atoms with Crippen molar-refractivity contribution in [1.29, 1.82) is 0 Å². The lowest BCUT2D eigenvalue weighted by Crippen LogP contribution is -2.48. The second-order valence-corrected chi connectivity index (χ2v) is 7.03. The number of carboxylic acids is 1. The Hall–Kier alpha value is -1.22. The van der Waals surface area contributed by atoms with Gasteiger partial charge in [0.25, 0.3) is 0 Å². The highest BCUT2D eigenvalue weighted by Crippen LogP contribution is 2.45. The van der Waals surface area contributed by atoms with E-state index < -0.39 is 5.97 Å². The SMILES string of the molecule is CCCCN1c2cc(Cl)c(C(=O)O)cc2[C@H](C)CC1(C)C. The third kappa shape index (κ3) is 3.03. The third-order valence-corrected chi connectivity index (χ3v) is 4.75. The van der Waals surface area contributed by atoms with Gasteiger partial charge in [-0.05, 0) is 50.3 Å². The summed E-state index contributed by atoms with van der Waals surface area (Å²) < 4.78 is 0. The quantitative estimate of drug-likeness (QED) is 0.857. The highest BCUT2D eigenvalue weighted by atomic mass is 35.5. The number of fused-ring (bicyclic) bond motifs is 1. The zero-order valence-electron chi connectivity index (χ0n) is 13.2. The van der Waals surface area contributed by atoms with Crippen LogP contribution in [0.3, 0.4) is 0 Å². The van der Waals surface area contributed by atoms with Gasteiger partial charge in [-0.25, -0.2) is 4.79 Å². The molecular weight excluding hydrogens is 286 g/mol. The van der Waals surface area contributed by atoms with Gasteiger partial charge in [0, 0.05) is 17.8 Å². The van der Waals surface area contributed by atoms with Crippen LogP contribution in [-0.2, 0) is 0 Å².